The maximum Gasteiger partial charge on any atom is 0.236 e. The van der Waals surface area contributed by atoms with Crippen molar-refractivity contribution in [3.05, 3.63) is 36.5 Å². The van der Waals surface area contributed by atoms with Crippen LogP contribution < -0.4 is 11.1 Å². The summed E-state index contributed by atoms with van der Waals surface area (Å²) in [4.78, 5) is 30.6. The molecule has 1 amide bonds. The van der Waals surface area contributed by atoms with E-state index in [1.165, 1.54) is 0 Å². The van der Waals surface area contributed by atoms with E-state index in [-0.39, 0.29) is 18.4 Å². The SMILES string of the molecule is NCC(=O)N1CCC[C@H](c2cncc(Nc3ncccn3)n2)C1. The summed E-state index contributed by atoms with van der Waals surface area (Å²) in [5.41, 5.74) is 6.32. The number of aromatic nitrogens is 4. The van der Waals surface area contributed by atoms with Gasteiger partial charge in [0, 0.05) is 37.6 Å². The van der Waals surface area contributed by atoms with Crippen LogP contribution in [0.2, 0.25) is 0 Å². The molecule has 1 aliphatic rings. The monoisotopic (exact) mass is 313 g/mol. The number of piperidine rings is 1. The van der Waals surface area contributed by atoms with E-state index >= 15 is 0 Å². The van der Waals surface area contributed by atoms with Gasteiger partial charge >= 0.3 is 0 Å². The Morgan fingerprint density at radius 2 is 2.17 bits per heavy atom. The topological polar surface area (TPSA) is 110 Å². The molecule has 0 bridgehead atoms. The van der Waals surface area contributed by atoms with E-state index in [4.69, 9.17) is 5.73 Å². The first-order valence-corrected chi connectivity index (χ1v) is 7.60. The zero-order valence-corrected chi connectivity index (χ0v) is 12.7. The van der Waals surface area contributed by atoms with Gasteiger partial charge in [-0.1, -0.05) is 0 Å². The van der Waals surface area contributed by atoms with Crippen molar-refractivity contribution in [3.63, 3.8) is 0 Å². The number of likely N-dealkylation sites (tertiary alicyclic amines) is 1. The predicted octanol–water partition coefficient (Wildman–Crippen LogP) is 0.675. The molecule has 3 N–H and O–H groups in total. The molecule has 8 nitrogen and oxygen atoms in total. The number of anilines is 2. The highest BCUT2D eigenvalue weighted by atomic mass is 16.2. The van der Waals surface area contributed by atoms with Crippen molar-refractivity contribution in [2.24, 2.45) is 5.73 Å². The van der Waals surface area contributed by atoms with Crippen molar-refractivity contribution >= 4 is 17.7 Å². The van der Waals surface area contributed by atoms with Crippen molar-refractivity contribution in [2.45, 2.75) is 18.8 Å². The molecule has 2 aromatic heterocycles. The number of carbonyl (C=O) groups excluding carboxylic acids is 1. The van der Waals surface area contributed by atoms with Gasteiger partial charge < -0.3 is 16.0 Å². The second-order valence-electron chi connectivity index (χ2n) is 5.41. The average Bonchev–Trinajstić information content (AvgIpc) is 2.62. The second-order valence-corrected chi connectivity index (χ2v) is 5.41. The first-order valence-electron chi connectivity index (χ1n) is 7.60. The molecule has 0 spiro atoms. The highest BCUT2D eigenvalue weighted by Gasteiger charge is 2.25. The number of rotatable bonds is 4. The van der Waals surface area contributed by atoms with Crippen LogP contribution >= 0.6 is 0 Å². The minimum Gasteiger partial charge on any atom is -0.341 e. The Balaban J connectivity index is 1.73. The highest BCUT2D eigenvalue weighted by Crippen LogP contribution is 2.26. The molecule has 2 aromatic rings. The van der Waals surface area contributed by atoms with Gasteiger partial charge in [0.1, 0.15) is 0 Å². The van der Waals surface area contributed by atoms with Gasteiger partial charge in [0.15, 0.2) is 5.82 Å². The van der Waals surface area contributed by atoms with E-state index in [0.717, 1.165) is 25.1 Å². The van der Waals surface area contributed by atoms with Gasteiger partial charge in [-0.3, -0.25) is 9.78 Å². The number of hydrogen-bond donors (Lipinski definition) is 2. The summed E-state index contributed by atoms with van der Waals surface area (Å²) in [6.45, 7) is 1.44. The van der Waals surface area contributed by atoms with Crippen molar-refractivity contribution in [3.8, 4) is 0 Å². The fourth-order valence-corrected chi connectivity index (χ4v) is 2.69. The quantitative estimate of drug-likeness (QED) is 0.853. The van der Waals surface area contributed by atoms with Crippen molar-refractivity contribution < 1.29 is 4.79 Å². The number of hydrogen-bond acceptors (Lipinski definition) is 7. The van der Waals surface area contributed by atoms with Gasteiger partial charge in [0.05, 0.1) is 18.4 Å². The van der Waals surface area contributed by atoms with Gasteiger partial charge in [0.2, 0.25) is 11.9 Å². The van der Waals surface area contributed by atoms with Crippen molar-refractivity contribution in [2.75, 3.05) is 25.0 Å². The Labute approximate surface area is 134 Å². The lowest BCUT2D eigenvalue weighted by Gasteiger charge is -2.32. The Morgan fingerprint density at radius 1 is 1.35 bits per heavy atom. The molecule has 0 aromatic carbocycles. The molecule has 3 heterocycles. The standard InChI is InChI=1S/C15H19N7O/c16-7-14(23)22-6-1-3-11(10-22)12-8-17-9-13(20-12)21-15-18-4-2-5-19-15/h2,4-5,8-9,11H,1,3,6-7,10,16H2,(H,18,19,20,21)/t11-/m0/s1. The van der Waals surface area contributed by atoms with E-state index in [1.807, 2.05) is 0 Å². The van der Waals surface area contributed by atoms with E-state index in [1.54, 1.807) is 35.8 Å². The molecule has 23 heavy (non-hydrogen) atoms. The van der Waals surface area contributed by atoms with Crippen LogP contribution in [0.4, 0.5) is 11.8 Å². The second kappa shape index (κ2) is 7.10. The summed E-state index contributed by atoms with van der Waals surface area (Å²) in [6.07, 6.45) is 8.61. The molecule has 1 atom stereocenters. The zero-order valence-electron chi connectivity index (χ0n) is 12.7. The Kier molecular flexibility index (Phi) is 4.72. The molecule has 1 saturated heterocycles. The van der Waals surface area contributed by atoms with Gasteiger partial charge in [-0.15, -0.1) is 0 Å². The first-order chi connectivity index (χ1) is 11.3. The lowest BCUT2D eigenvalue weighted by Crippen LogP contribution is -2.42. The van der Waals surface area contributed by atoms with Crippen LogP contribution in [-0.4, -0.2) is 50.4 Å². The number of carbonyl (C=O) groups is 1. The smallest absolute Gasteiger partial charge is 0.236 e. The Bertz CT molecular complexity index is 664. The fourth-order valence-electron chi connectivity index (χ4n) is 2.69. The molecule has 120 valence electrons. The van der Waals surface area contributed by atoms with Crippen LogP contribution in [0, 0.1) is 0 Å². The summed E-state index contributed by atoms with van der Waals surface area (Å²) >= 11 is 0. The molecule has 0 radical (unpaired) electrons. The fraction of sp³-hybridized carbons (Fsp3) is 0.400. The van der Waals surface area contributed by atoms with Crippen LogP contribution in [0.1, 0.15) is 24.5 Å². The molecule has 3 rings (SSSR count). The minimum atomic E-state index is -0.0189. The third-order valence-corrected chi connectivity index (χ3v) is 3.83. The molecule has 8 heteroatoms. The van der Waals surface area contributed by atoms with Gasteiger partial charge in [-0.2, -0.15) is 0 Å². The van der Waals surface area contributed by atoms with Gasteiger partial charge in [-0.25, -0.2) is 15.0 Å². The van der Waals surface area contributed by atoms with Crippen LogP contribution in [0.5, 0.6) is 0 Å². The zero-order chi connectivity index (χ0) is 16.1. The average molecular weight is 313 g/mol. The van der Waals surface area contributed by atoms with Crippen LogP contribution in [0.3, 0.4) is 0 Å². The first kappa shape index (κ1) is 15.3. The number of amides is 1. The van der Waals surface area contributed by atoms with Crippen LogP contribution in [0.15, 0.2) is 30.9 Å². The van der Waals surface area contributed by atoms with Gasteiger partial charge in [-0.05, 0) is 18.9 Å². The minimum absolute atomic E-state index is 0.0189. The molecule has 0 aliphatic carbocycles. The molecule has 1 aliphatic heterocycles. The van der Waals surface area contributed by atoms with E-state index in [2.05, 4.69) is 25.3 Å². The summed E-state index contributed by atoms with van der Waals surface area (Å²) < 4.78 is 0. The molecular weight excluding hydrogens is 294 g/mol. The van der Waals surface area contributed by atoms with Crippen molar-refractivity contribution in [1.29, 1.82) is 0 Å². The largest absolute Gasteiger partial charge is 0.341 e. The van der Waals surface area contributed by atoms with E-state index < -0.39 is 0 Å². The summed E-state index contributed by atoms with van der Waals surface area (Å²) in [5.74, 6) is 1.22. The lowest BCUT2D eigenvalue weighted by atomic mass is 9.95. The van der Waals surface area contributed by atoms with Crippen LogP contribution in [0.25, 0.3) is 0 Å². The molecule has 0 saturated carbocycles. The number of nitrogens with one attached hydrogen (secondary N) is 1. The van der Waals surface area contributed by atoms with Crippen LogP contribution in [-0.2, 0) is 4.79 Å². The highest BCUT2D eigenvalue weighted by molar-refractivity contribution is 5.78. The number of nitrogens with two attached hydrogens (primary N) is 1. The molecular formula is C15H19N7O. The maximum absolute atomic E-state index is 11.8. The Morgan fingerprint density at radius 3 is 2.96 bits per heavy atom. The van der Waals surface area contributed by atoms with E-state index in [9.17, 15) is 4.79 Å². The van der Waals surface area contributed by atoms with Gasteiger partial charge in [0.25, 0.3) is 0 Å². The van der Waals surface area contributed by atoms with E-state index in [0.29, 0.717) is 18.3 Å². The lowest BCUT2D eigenvalue weighted by molar-refractivity contribution is -0.130. The van der Waals surface area contributed by atoms with Crippen molar-refractivity contribution in [1.82, 2.24) is 24.8 Å². The molecule has 0 unspecified atom stereocenters. The summed E-state index contributed by atoms with van der Waals surface area (Å²) in [5, 5.41) is 3.03. The summed E-state index contributed by atoms with van der Waals surface area (Å²) in [6, 6.07) is 1.75. The number of nitrogens with zero attached hydrogens (tertiary/aromatic N) is 5. The third-order valence-electron chi connectivity index (χ3n) is 3.83. The summed E-state index contributed by atoms with van der Waals surface area (Å²) in [7, 11) is 0. The molecule has 1 fully saturated rings. The normalized spacial score (nSPS) is 17.8. The predicted molar refractivity (Wildman–Crippen MR) is 85.0 cm³/mol. The maximum atomic E-state index is 11.8. The third kappa shape index (κ3) is 3.78. The Hall–Kier alpha value is -2.61.